The first kappa shape index (κ1) is 19.9. The second kappa shape index (κ2) is 8.26. The molecule has 0 unspecified atom stereocenters. The maximum absolute atomic E-state index is 11.3. The molecule has 2 fully saturated rings. The zero-order valence-electron chi connectivity index (χ0n) is 17.6. The summed E-state index contributed by atoms with van der Waals surface area (Å²) in [5.74, 6) is 0.853. The highest BCUT2D eigenvalue weighted by Crippen LogP contribution is 2.36. The van der Waals surface area contributed by atoms with Crippen LogP contribution in [0.5, 0.6) is 0 Å². The Morgan fingerprint density at radius 1 is 1.06 bits per heavy atom. The van der Waals surface area contributed by atoms with E-state index >= 15 is 0 Å². The summed E-state index contributed by atoms with van der Waals surface area (Å²) < 4.78 is 1.44. The molecule has 0 amide bonds. The van der Waals surface area contributed by atoms with Crippen LogP contribution in [0, 0.1) is 0 Å². The van der Waals surface area contributed by atoms with Crippen molar-refractivity contribution in [2.45, 2.75) is 56.9 Å². The first-order valence-corrected chi connectivity index (χ1v) is 11.2. The molecule has 1 aliphatic heterocycles. The summed E-state index contributed by atoms with van der Waals surface area (Å²) in [5, 5.41) is 14.5. The van der Waals surface area contributed by atoms with Gasteiger partial charge in [0.1, 0.15) is 5.82 Å². The molecule has 3 N–H and O–H groups in total. The van der Waals surface area contributed by atoms with E-state index in [2.05, 4.69) is 28.2 Å². The Kier molecular flexibility index (Phi) is 5.31. The monoisotopic (exact) mass is 420 g/mol. The summed E-state index contributed by atoms with van der Waals surface area (Å²) in [6.07, 6.45) is 11.0. The van der Waals surface area contributed by atoms with Gasteiger partial charge in [-0.25, -0.2) is 14.5 Å². The van der Waals surface area contributed by atoms with Crippen molar-refractivity contribution in [2.24, 2.45) is 5.73 Å². The fourth-order valence-corrected chi connectivity index (χ4v) is 4.81. The predicted octanol–water partition coefficient (Wildman–Crippen LogP) is 3.49. The minimum Gasteiger partial charge on any atom is -0.478 e. The number of aromatic nitrogens is 4. The average molecular weight is 421 g/mol. The lowest BCUT2D eigenvalue weighted by Gasteiger charge is -2.32. The highest BCUT2D eigenvalue weighted by Gasteiger charge is 2.23. The van der Waals surface area contributed by atoms with Crippen LogP contribution in [0.2, 0.25) is 0 Å². The highest BCUT2D eigenvalue weighted by atomic mass is 16.4. The number of hydrogen-bond donors (Lipinski definition) is 2. The Labute approximate surface area is 181 Å². The van der Waals surface area contributed by atoms with Gasteiger partial charge in [0.15, 0.2) is 0 Å². The van der Waals surface area contributed by atoms with Gasteiger partial charge in [-0.1, -0.05) is 25.3 Å². The highest BCUT2D eigenvalue weighted by molar-refractivity contribution is 5.91. The third kappa shape index (κ3) is 3.99. The van der Waals surface area contributed by atoms with Gasteiger partial charge in [-0.05, 0) is 49.3 Å². The van der Waals surface area contributed by atoms with Crippen LogP contribution in [-0.4, -0.2) is 50.0 Å². The van der Waals surface area contributed by atoms with E-state index in [4.69, 9.17) is 15.7 Å². The molecule has 0 spiro atoms. The number of fused-ring (bicyclic) bond motifs is 1. The number of carboxylic acid groups (broad SMARTS) is 1. The van der Waals surface area contributed by atoms with Crippen LogP contribution in [0.25, 0.3) is 16.9 Å². The molecule has 1 saturated carbocycles. The molecule has 2 aromatic heterocycles. The van der Waals surface area contributed by atoms with Crippen LogP contribution in [0.15, 0.2) is 30.6 Å². The van der Waals surface area contributed by atoms with Gasteiger partial charge >= 0.3 is 5.97 Å². The minimum atomic E-state index is -1.02. The molecule has 1 aromatic carbocycles. The first-order chi connectivity index (χ1) is 15.1. The SMILES string of the molecule is NC1CCN(c2nc(-n3cc(C(=O)O)cn3)nc3ccc(C4CCCCC4)cc23)CC1. The van der Waals surface area contributed by atoms with Gasteiger partial charge in [-0.2, -0.15) is 10.1 Å². The number of hydrogen-bond acceptors (Lipinski definition) is 6. The molecule has 2 aliphatic rings. The Hall–Kier alpha value is -3.00. The lowest BCUT2D eigenvalue weighted by atomic mass is 9.84. The van der Waals surface area contributed by atoms with Gasteiger partial charge in [-0.3, -0.25) is 0 Å². The topological polar surface area (TPSA) is 110 Å². The van der Waals surface area contributed by atoms with E-state index < -0.39 is 5.97 Å². The van der Waals surface area contributed by atoms with E-state index in [0.717, 1.165) is 42.7 Å². The van der Waals surface area contributed by atoms with Crippen molar-refractivity contribution >= 4 is 22.7 Å². The van der Waals surface area contributed by atoms with Crippen molar-refractivity contribution < 1.29 is 9.90 Å². The van der Waals surface area contributed by atoms with E-state index in [1.54, 1.807) is 0 Å². The largest absolute Gasteiger partial charge is 0.478 e. The quantitative estimate of drug-likeness (QED) is 0.665. The lowest BCUT2D eigenvalue weighted by molar-refractivity contribution is 0.0697. The summed E-state index contributed by atoms with van der Waals surface area (Å²) in [4.78, 5) is 23.1. The molecular formula is C23H28N6O2. The lowest BCUT2D eigenvalue weighted by Crippen LogP contribution is -2.40. The molecule has 0 atom stereocenters. The van der Waals surface area contributed by atoms with Gasteiger partial charge in [0, 0.05) is 30.7 Å². The normalized spacial score (nSPS) is 18.5. The molecule has 1 saturated heterocycles. The number of benzene rings is 1. The second-order valence-electron chi connectivity index (χ2n) is 8.76. The minimum absolute atomic E-state index is 0.113. The molecule has 8 nitrogen and oxygen atoms in total. The summed E-state index contributed by atoms with van der Waals surface area (Å²) in [6.45, 7) is 1.69. The molecular weight excluding hydrogens is 392 g/mol. The molecule has 162 valence electrons. The molecule has 1 aliphatic carbocycles. The van der Waals surface area contributed by atoms with E-state index in [1.165, 1.54) is 54.7 Å². The maximum atomic E-state index is 11.3. The van der Waals surface area contributed by atoms with Crippen LogP contribution in [0.1, 0.15) is 66.8 Å². The summed E-state index contributed by atoms with van der Waals surface area (Å²) in [6, 6.07) is 6.76. The molecule has 31 heavy (non-hydrogen) atoms. The van der Waals surface area contributed by atoms with Crippen LogP contribution < -0.4 is 10.6 Å². The van der Waals surface area contributed by atoms with Crippen molar-refractivity contribution in [3.05, 3.63) is 41.7 Å². The number of carboxylic acids is 1. The van der Waals surface area contributed by atoms with Crippen molar-refractivity contribution in [3.63, 3.8) is 0 Å². The third-order valence-corrected chi connectivity index (χ3v) is 6.64. The number of rotatable bonds is 4. The summed E-state index contributed by atoms with van der Waals surface area (Å²) in [7, 11) is 0. The number of piperidine rings is 1. The van der Waals surface area contributed by atoms with Crippen LogP contribution in [0.3, 0.4) is 0 Å². The molecule has 8 heteroatoms. The van der Waals surface area contributed by atoms with Gasteiger partial charge in [0.25, 0.3) is 5.95 Å². The van der Waals surface area contributed by atoms with Crippen LogP contribution >= 0.6 is 0 Å². The molecule has 0 bridgehead atoms. The molecule has 5 rings (SSSR count). The third-order valence-electron chi connectivity index (χ3n) is 6.64. The smallest absolute Gasteiger partial charge is 0.338 e. The Balaban J connectivity index is 1.60. The number of carbonyl (C=O) groups is 1. The summed E-state index contributed by atoms with van der Waals surface area (Å²) >= 11 is 0. The first-order valence-electron chi connectivity index (χ1n) is 11.2. The zero-order valence-corrected chi connectivity index (χ0v) is 17.6. The van der Waals surface area contributed by atoms with E-state index in [-0.39, 0.29) is 11.6 Å². The fraction of sp³-hybridized carbons (Fsp3) is 0.478. The molecule has 3 aromatic rings. The van der Waals surface area contributed by atoms with Crippen molar-refractivity contribution in [3.8, 4) is 5.95 Å². The number of nitrogens with zero attached hydrogens (tertiary/aromatic N) is 5. The van der Waals surface area contributed by atoms with E-state index in [1.807, 2.05) is 0 Å². The maximum Gasteiger partial charge on any atom is 0.338 e. The Morgan fingerprint density at radius 2 is 1.84 bits per heavy atom. The van der Waals surface area contributed by atoms with Crippen LogP contribution in [-0.2, 0) is 0 Å². The van der Waals surface area contributed by atoms with Gasteiger partial charge in [0.2, 0.25) is 0 Å². The number of anilines is 1. The van der Waals surface area contributed by atoms with E-state index in [9.17, 15) is 9.90 Å². The van der Waals surface area contributed by atoms with Gasteiger partial charge in [-0.15, -0.1) is 0 Å². The average Bonchev–Trinajstić information content (AvgIpc) is 3.30. The zero-order chi connectivity index (χ0) is 21.4. The van der Waals surface area contributed by atoms with Gasteiger partial charge < -0.3 is 15.7 Å². The second-order valence-corrected chi connectivity index (χ2v) is 8.76. The van der Waals surface area contributed by atoms with Gasteiger partial charge in [0.05, 0.1) is 17.3 Å². The van der Waals surface area contributed by atoms with Crippen molar-refractivity contribution in [2.75, 3.05) is 18.0 Å². The number of nitrogens with two attached hydrogens (primary N) is 1. The number of aromatic carboxylic acids is 1. The summed E-state index contributed by atoms with van der Waals surface area (Å²) in [5.41, 5.74) is 8.46. The van der Waals surface area contributed by atoms with Crippen molar-refractivity contribution in [1.82, 2.24) is 19.7 Å². The standard InChI is InChI=1S/C23H28N6O2/c24-18-8-10-28(11-9-18)21-19-12-16(15-4-2-1-3-5-15)6-7-20(19)26-23(27-21)29-14-17(13-25-29)22(30)31/h6-7,12-15,18H,1-5,8-11,24H2,(H,30,31). The molecule has 3 heterocycles. The fourth-order valence-electron chi connectivity index (χ4n) is 4.81. The van der Waals surface area contributed by atoms with E-state index in [0.29, 0.717) is 11.9 Å². The molecule has 0 radical (unpaired) electrons. The predicted molar refractivity (Wildman–Crippen MR) is 119 cm³/mol. The van der Waals surface area contributed by atoms with Crippen molar-refractivity contribution in [1.29, 1.82) is 0 Å². The van der Waals surface area contributed by atoms with Crippen LogP contribution in [0.4, 0.5) is 5.82 Å². The Morgan fingerprint density at radius 3 is 2.55 bits per heavy atom. The Bertz CT molecular complexity index is 1100.